The van der Waals surface area contributed by atoms with Crippen LogP contribution in [-0.2, 0) is 0 Å². The van der Waals surface area contributed by atoms with E-state index in [9.17, 15) is 4.39 Å². The van der Waals surface area contributed by atoms with Gasteiger partial charge in [0.25, 0.3) is 0 Å². The van der Waals surface area contributed by atoms with Gasteiger partial charge < -0.3 is 10.2 Å². The van der Waals surface area contributed by atoms with Crippen molar-refractivity contribution in [3.05, 3.63) is 29.6 Å². The van der Waals surface area contributed by atoms with Gasteiger partial charge in [-0.3, -0.25) is 0 Å². The van der Waals surface area contributed by atoms with Gasteiger partial charge in [-0.25, -0.2) is 4.39 Å². The monoisotopic (exact) mass is 236 g/mol. The van der Waals surface area contributed by atoms with Crippen molar-refractivity contribution in [2.45, 2.75) is 26.8 Å². The minimum absolute atomic E-state index is 0.102. The Bertz CT molecular complexity index is 370. The Kier molecular flexibility index (Phi) is 3.67. The average molecular weight is 236 g/mol. The van der Waals surface area contributed by atoms with E-state index in [-0.39, 0.29) is 5.82 Å². The third-order valence-corrected chi connectivity index (χ3v) is 3.51. The van der Waals surface area contributed by atoms with E-state index in [1.165, 1.54) is 0 Å². The van der Waals surface area contributed by atoms with Gasteiger partial charge in [-0.1, -0.05) is 26.0 Å². The highest BCUT2D eigenvalue weighted by atomic mass is 19.1. The highest BCUT2D eigenvalue weighted by Gasteiger charge is 2.24. The van der Waals surface area contributed by atoms with Gasteiger partial charge in [-0.05, 0) is 24.5 Å². The molecule has 3 heteroatoms. The van der Waals surface area contributed by atoms with E-state index < -0.39 is 0 Å². The number of piperazine rings is 1. The van der Waals surface area contributed by atoms with E-state index >= 15 is 0 Å². The van der Waals surface area contributed by atoms with Crippen molar-refractivity contribution in [1.82, 2.24) is 5.32 Å². The fourth-order valence-electron chi connectivity index (χ4n) is 2.45. The molecule has 0 bridgehead atoms. The smallest absolute Gasteiger partial charge is 0.146 e. The number of aryl methyl sites for hydroxylation is 1. The van der Waals surface area contributed by atoms with E-state index in [0.717, 1.165) is 30.9 Å². The fourth-order valence-corrected chi connectivity index (χ4v) is 2.45. The van der Waals surface area contributed by atoms with Gasteiger partial charge in [-0.15, -0.1) is 0 Å². The molecule has 1 atom stereocenters. The molecule has 1 aromatic rings. The van der Waals surface area contributed by atoms with Gasteiger partial charge in [0.05, 0.1) is 5.69 Å². The molecule has 0 aliphatic carbocycles. The molecule has 1 aliphatic heterocycles. The molecule has 1 heterocycles. The summed E-state index contributed by atoms with van der Waals surface area (Å²) in [6, 6.07) is 5.75. The summed E-state index contributed by atoms with van der Waals surface area (Å²) in [6.07, 6.45) is 0. The zero-order chi connectivity index (χ0) is 12.4. The highest BCUT2D eigenvalue weighted by molar-refractivity contribution is 5.54. The molecule has 1 fully saturated rings. The molecule has 0 spiro atoms. The fraction of sp³-hybridized carbons (Fsp3) is 0.571. The van der Waals surface area contributed by atoms with Crippen molar-refractivity contribution >= 4 is 5.69 Å². The van der Waals surface area contributed by atoms with E-state index in [1.54, 1.807) is 12.1 Å². The highest BCUT2D eigenvalue weighted by Crippen LogP contribution is 2.25. The molecule has 0 saturated carbocycles. The van der Waals surface area contributed by atoms with Crippen LogP contribution in [0.3, 0.4) is 0 Å². The second kappa shape index (κ2) is 5.05. The summed E-state index contributed by atoms with van der Waals surface area (Å²) in [6.45, 7) is 9.08. The second-order valence-electron chi connectivity index (χ2n) is 5.16. The van der Waals surface area contributed by atoms with E-state index in [4.69, 9.17) is 0 Å². The summed E-state index contributed by atoms with van der Waals surface area (Å²) in [5, 5.41) is 3.49. The summed E-state index contributed by atoms with van der Waals surface area (Å²) < 4.78 is 13.9. The normalized spacial score (nSPS) is 21.0. The molecular weight excluding hydrogens is 215 g/mol. The third-order valence-electron chi connectivity index (χ3n) is 3.51. The molecule has 0 aromatic heterocycles. The van der Waals surface area contributed by atoms with Gasteiger partial charge in [0.15, 0.2) is 0 Å². The third kappa shape index (κ3) is 2.60. The number of nitrogens with zero attached hydrogens (tertiary/aromatic N) is 1. The molecule has 94 valence electrons. The Hall–Kier alpha value is -1.09. The second-order valence-corrected chi connectivity index (χ2v) is 5.16. The lowest BCUT2D eigenvalue weighted by atomic mass is 10.0. The first-order valence-corrected chi connectivity index (χ1v) is 6.33. The Morgan fingerprint density at radius 1 is 1.41 bits per heavy atom. The average Bonchev–Trinajstić information content (AvgIpc) is 2.29. The van der Waals surface area contributed by atoms with Gasteiger partial charge in [0.2, 0.25) is 0 Å². The van der Waals surface area contributed by atoms with Crippen molar-refractivity contribution in [1.29, 1.82) is 0 Å². The first-order chi connectivity index (χ1) is 8.09. The number of halogens is 1. The topological polar surface area (TPSA) is 15.3 Å². The van der Waals surface area contributed by atoms with Crippen LogP contribution < -0.4 is 10.2 Å². The quantitative estimate of drug-likeness (QED) is 0.849. The predicted molar refractivity (Wildman–Crippen MR) is 70.0 cm³/mol. The first-order valence-electron chi connectivity index (χ1n) is 6.33. The van der Waals surface area contributed by atoms with Crippen LogP contribution in [0.4, 0.5) is 10.1 Å². The Morgan fingerprint density at radius 2 is 2.18 bits per heavy atom. The number of hydrogen-bond acceptors (Lipinski definition) is 2. The minimum Gasteiger partial charge on any atom is -0.366 e. The summed E-state index contributed by atoms with van der Waals surface area (Å²) >= 11 is 0. The number of rotatable bonds is 2. The molecule has 0 amide bonds. The molecule has 1 aliphatic rings. The maximum Gasteiger partial charge on any atom is 0.146 e. The number of para-hydroxylation sites is 1. The van der Waals surface area contributed by atoms with E-state index in [2.05, 4.69) is 24.1 Å². The molecule has 1 saturated heterocycles. The summed E-state index contributed by atoms with van der Waals surface area (Å²) in [5.41, 5.74) is 1.80. The van der Waals surface area contributed by atoms with E-state index in [1.807, 2.05) is 13.0 Å². The Labute approximate surface area is 103 Å². The maximum atomic E-state index is 13.9. The summed E-state index contributed by atoms with van der Waals surface area (Å²) in [7, 11) is 0. The lowest BCUT2D eigenvalue weighted by Gasteiger charge is -2.38. The summed E-state index contributed by atoms with van der Waals surface area (Å²) in [5.74, 6) is 0.472. The van der Waals surface area contributed by atoms with Crippen LogP contribution in [0.25, 0.3) is 0 Å². The van der Waals surface area contributed by atoms with Crippen LogP contribution in [0, 0.1) is 18.7 Å². The SMILES string of the molecule is Cc1cccc(F)c1N1CCNC(C(C)C)C1. The van der Waals surface area contributed by atoms with Crippen molar-refractivity contribution < 1.29 is 4.39 Å². The number of benzene rings is 1. The lowest BCUT2D eigenvalue weighted by Crippen LogP contribution is -2.53. The largest absolute Gasteiger partial charge is 0.366 e. The minimum atomic E-state index is -0.102. The molecule has 1 N–H and O–H groups in total. The van der Waals surface area contributed by atoms with Crippen LogP contribution in [-0.4, -0.2) is 25.7 Å². The van der Waals surface area contributed by atoms with Gasteiger partial charge >= 0.3 is 0 Å². The summed E-state index contributed by atoms with van der Waals surface area (Å²) in [4.78, 5) is 2.17. The van der Waals surface area contributed by atoms with Crippen LogP contribution in [0.5, 0.6) is 0 Å². The molecular formula is C14H21FN2. The molecule has 0 radical (unpaired) electrons. The number of nitrogens with one attached hydrogen (secondary N) is 1. The zero-order valence-electron chi connectivity index (χ0n) is 10.8. The Balaban J connectivity index is 2.22. The lowest BCUT2D eigenvalue weighted by molar-refractivity contribution is 0.366. The molecule has 17 heavy (non-hydrogen) atoms. The van der Waals surface area contributed by atoms with Crippen LogP contribution in [0.1, 0.15) is 19.4 Å². The van der Waals surface area contributed by atoms with Gasteiger partial charge in [0.1, 0.15) is 5.82 Å². The molecule has 2 rings (SSSR count). The van der Waals surface area contributed by atoms with Crippen LogP contribution in [0.2, 0.25) is 0 Å². The standard InChI is InChI=1S/C14H21FN2/c1-10(2)13-9-17(8-7-16-13)14-11(3)5-4-6-12(14)15/h4-6,10,13,16H,7-9H2,1-3H3. The van der Waals surface area contributed by atoms with Crippen LogP contribution >= 0.6 is 0 Å². The molecule has 1 aromatic carbocycles. The zero-order valence-corrected chi connectivity index (χ0v) is 10.8. The van der Waals surface area contributed by atoms with Crippen molar-refractivity contribution in [3.63, 3.8) is 0 Å². The van der Waals surface area contributed by atoms with E-state index in [0.29, 0.717) is 12.0 Å². The van der Waals surface area contributed by atoms with Crippen molar-refractivity contribution in [2.24, 2.45) is 5.92 Å². The number of hydrogen-bond donors (Lipinski definition) is 1. The number of anilines is 1. The predicted octanol–water partition coefficient (Wildman–Crippen LogP) is 2.57. The van der Waals surface area contributed by atoms with Crippen molar-refractivity contribution in [3.8, 4) is 0 Å². The van der Waals surface area contributed by atoms with Gasteiger partial charge in [-0.2, -0.15) is 0 Å². The first kappa shape index (κ1) is 12.4. The molecule has 2 nitrogen and oxygen atoms in total. The maximum absolute atomic E-state index is 13.9. The van der Waals surface area contributed by atoms with Crippen molar-refractivity contribution in [2.75, 3.05) is 24.5 Å². The molecule has 1 unspecified atom stereocenters. The van der Waals surface area contributed by atoms with Gasteiger partial charge in [0, 0.05) is 25.7 Å². The Morgan fingerprint density at radius 3 is 2.82 bits per heavy atom. The van der Waals surface area contributed by atoms with Crippen LogP contribution in [0.15, 0.2) is 18.2 Å².